The lowest BCUT2D eigenvalue weighted by atomic mass is 9.97. The Morgan fingerprint density at radius 3 is 2.57 bits per heavy atom. The number of rotatable bonds is 6. The van der Waals surface area contributed by atoms with Gasteiger partial charge in [-0.1, -0.05) is 12.1 Å². The van der Waals surface area contributed by atoms with E-state index in [1.54, 1.807) is 19.1 Å². The second-order valence-electron chi connectivity index (χ2n) is 6.95. The molecule has 1 heterocycles. The van der Waals surface area contributed by atoms with E-state index < -0.39 is 21.8 Å². The molecule has 1 atom stereocenters. The van der Waals surface area contributed by atoms with E-state index in [9.17, 15) is 22.4 Å². The zero-order chi connectivity index (χ0) is 21.7. The Morgan fingerprint density at radius 2 is 1.87 bits per heavy atom. The molecule has 1 fully saturated rings. The molecule has 0 saturated carbocycles. The van der Waals surface area contributed by atoms with Gasteiger partial charge in [-0.15, -0.1) is 0 Å². The predicted molar refractivity (Wildman–Crippen MR) is 109 cm³/mol. The zero-order valence-electron chi connectivity index (χ0n) is 16.5. The smallest absolute Gasteiger partial charge is 0.310 e. The number of hydrogen-bond donors (Lipinski definition) is 1. The molecule has 160 valence electrons. The van der Waals surface area contributed by atoms with Crippen LogP contribution in [0.25, 0.3) is 0 Å². The first-order chi connectivity index (χ1) is 14.3. The van der Waals surface area contributed by atoms with Crippen LogP contribution in [-0.4, -0.2) is 44.9 Å². The van der Waals surface area contributed by atoms with Crippen LogP contribution in [0.2, 0.25) is 0 Å². The molecule has 1 saturated heterocycles. The van der Waals surface area contributed by atoms with Crippen molar-refractivity contribution in [3.63, 3.8) is 0 Å². The molecule has 1 N–H and O–H groups in total. The summed E-state index contributed by atoms with van der Waals surface area (Å²) in [5, 5.41) is 0. The Morgan fingerprint density at radius 1 is 1.17 bits per heavy atom. The average molecular weight is 434 g/mol. The number of ether oxygens (including phenoxy) is 1. The summed E-state index contributed by atoms with van der Waals surface area (Å²) in [7, 11) is -4.01. The molecule has 0 aliphatic carbocycles. The molecule has 2 aromatic carbocycles. The first-order valence-electron chi connectivity index (χ1n) is 9.65. The molecule has 7 nitrogen and oxygen atoms in total. The Kier molecular flexibility index (Phi) is 6.71. The molecule has 30 heavy (non-hydrogen) atoms. The average Bonchev–Trinajstić information content (AvgIpc) is 2.74. The minimum Gasteiger partial charge on any atom is -0.466 e. The van der Waals surface area contributed by atoms with Gasteiger partial charge in [-0.2, -0.15) is 0 Å². The van der Waals surface area contributed by atoms with Gasteiger partial charge in [0.05, 0.1) is 28.7 Å². The molecule has 0 radical (unpaired) electrons. The monoisotopic (exact) mass is 434 g/mol. The van der Waals surface area contributed by atoms with Crippen molar-refractivity contribution in [1.82, 2.24) is 4.90 Å². The van der Waals surface area contributed by atoms with Crippen LogP contribution in [0.3, 0.4) is 0 Å². The Balaban J connectivity index is 1.81. The van der Waals surface area contributed by atoms with Gasteiger partial charge in [-0.25, -0.2) is 12.8 Å². The van der Waals surface area contributed by atoms with Gasteiger partial charge in [0.1, 0.15) is 5.82 Å². The molecule has 0 unspecified atom stereocenters. The standard InChI is InChI=1S/C21H23FN2O5S/c1-2-29-21(26)15-6-5-13-24(14-15)20(25)18-7-3-4-8-19(18)23-30(27,28)17-11-9-16(22)10-12-17/h3-4,7-12,15,23H,2,5-6,13-14H2,1H3/t15-/m0/s1. The number of esters is 1. The molecular formula is C21H23FN2O5S. The first-order valence-corrected chi connectivity index (χ1v) is 11.1. The molecule has 2 aromatic rings. The fourth-order valence-corrected chi connectivity index (χ4v) is 4.44. The quantitative estimate of drug-likeness (QED) is 0.706. The van der Waals surface area contributed by atoms with Crippen molar-refractivity contribution >= 4 is 27.6 Å². The van der Waals surface area contributed by atoms with Crippen LogP contribution in [0.1, 0.15) is 30.1 Å². The number of halogens is 1. The number of amides is 1. The van der Waals surface area contributed by atoms with Gasteiger partial charge in [0.2, 0.25) is 0 Å². The second kappa shape index (κ2) is 9.25. The van der Waals surface area contributed by atoms with E-state index in [1.165, 1.54) is 17.0 Å². The third-order valence-electron chi connectivity index (χ3n) is 4.85. The van der Waals surface area contributed by atoms with Crippen molar-refractivity contribution in [3.05, 3.63) is 59.9 Å². The maximum atomic E-state index is 13.1. The summed E-state index contributed by atoms with van der Waals surface area (Å²) in [6.07, 6.45) is 1.29. The lowest BCUT2D eigenvalue weighted by Gasteiger charge is -2.32. The van der Waals surface area contributed by atoms with E-state index >= 15 is 0 Å². The summed E-state index contributed by atoms with van der Waals surface area (Å²) < 4.78 is 45.9. The van der Waals surface area contributed by atoms with E-state index in [-0.39, 0.29) is 41.2 Å². The van der Waals surface area contributed by atoms with Crippen LogP contribution in [-0.2, 0) is 19.6 Å². The van der Waals surface area contributed by atoms with Gasteiger partial charge in [-0.05, 0) is 56.2 Å². The summed E-state index contributed by atoms with van der Waals surface area (Å²) in [6.45, 7) is 2.69. The van der Waals surface area contributed by atoms with E-state index in [2.05, 4.69) is 4.72 Å². The van der Waals surface area contributed by atoms with E-state index in [0.29, 0.717) is 19.4 Å². The molecule has 1 aliphatic rings. The number of carbonyl (C=O) groups excluding carboxylic acids is 2. The number of carbonyl (C=O) groups is 2. The maximum Gasteiger partial charge on any atom is 0.310 e. The van der Waals surface area contributed by atoms with Gasteiger partial charge < -0.3 is 9.64 Å². The van der Waals surface area contributed by atoms with E-state index in [0.717, 1.165) is 24.3 Å². The van der Waals surface area contributed by atoms with Gasteiger partial charge in [0.15, 0.2) is 0 Å². The van der Waals surface area contributed by atoms with Gasteiger partial charge in [0.25, 0.3) is 15.9 Å². The highest BCUT2D eigenvalue weighted by Gasteiger charge is 2.31. The first kappa shape index (κ1) is 21.8. The molecular weight excluding hydrogens is 411 g/mol. The van der Waals surface area contributed by atoms with Crippen molar-refractivity contribution in [3.8, 4) is 0 Å². The molecule has 3 rings (SSSR count). The highest BCUT2D eigenvalue weighted by molar-refractivity contribution is 7.92. The van der Waals surface area contributed by atoms with Gasteiger partial charge >= 0.3 is 5.97 Å². The number of nitrogens with one attached hydrogen (secondary N) is 1. The molecule has 0 spiro atoms. The topological polar surface area (TPSA) is 92.8 Å². The van der Waals surface area contributed by atoms with Crippen LogP contribution in [0, 0.1) is 11.7 Å². The third-order valence-corrected chi connectivity index (χ3v) is 6.24. The highest BCUT2D eigenvalue weighted by atomic mass is 32.2. The SMILES string of the molecule is CCOC(=O)[C@H]1CCCN(C(=O)c2ccccc2NS(=O)(=O)c2ccc(F)cc2)C1. The normalized spacial score (nSPS) is 16.7. The summed E-state index contributed by atoms with van der Waals surface area (Å²) >= 11 is 0. The van der Waals surface area contributed by atoms with Crippen LogP contribution in [0.5, 0.6) is 0 Å². The second-order valence-corrected chi connectivity index (χ2v) is 8.63. The Labute approximate surface area is 174 Å². The Hall–Kier alpha value is -2.94. The van der Waals surface area contributed by atoms with Crippen molar-refractivity contribution in [2.75, 3.05) is 24.4 Å². The molecule has 0 bridgehead atoms. The molecule has 1 amide bonds. The number of nitrogens with zero attached hydrogens (tertiary/aromatic N) is 1. The van der Waals surface area contributed by atoms with E-state index in [1.807, 2.05) is 0 Å². The minimum atomic E-state index is -4.01. The van der Waals surface area contributed by atoms with Crippen LogP contribution < -0.4 is 4.72 Å². The zero-order valence-corrected chi connectivity index (χ0v) is 17.3. The van der Waals surface area contributed by atoms with E-state index in [4.69, 9.17) is 4.74 Å². The molecule has 1 aliphatic heterocycles. The maximum absolute atomic E-state index is 13.1. The van der Waals surface area contributed by atoms with Crippen LogP contribution >= 0.6 is 0 Å². The summed E-state index contributed by atoms with van der Waals surface area (Å²) in [4.78, 5) is 26.6. The number of para-hydroxylation sites is 1. The summed E-state index contributed by atoms with van der Waals surface area (Å²) in [5.74, 6) is -1.65. The van der Waals surface area contributed by atoms with Crippen molar-refractivity contribution in [1.29, 1.82) is 0 Å². The van der Waals surface area contributed by atoms with Crippen LogP contribution in [0.15, 0.2) is 53.4 Å². The number of piperidine rings is 1. The molecule has 0 aromatic heterocycles. The van der Waals surface area contributed by atoms with Gasteiger partial charge in [0, 0.05) is 13.1 Å². The van der Waals surface area contributed by atoms with Crippen molar-refractivity contribution in [2.24, 2.45) is 5.92 Å². The number of benzene rings is 2. The van der Waals surface area contributed by atoms with Crippen molar-refractivity contribution in [2.45, 2.75) is 24.7 Å². The fourth-order valence-electron chi connectivity index (χ4n) is 3.36. The fraction of sp³-hybridized carbons (Fsp3) is 0.333. The number of anilines is 1. The number of hydrogen-bond acceptors (Lipinski definition) is 5. The lowest BCUT2D eigenvalue weighted by Crippen LogP contribution is -2.43. The van der Waals surface area contributed by atoms with Crippen molar-refractivity contribution < 1.29 is 27.1 Å². The minimum absolute atomic E-state index is 0.116. The highest BCUT2D eigenvalue weighted by Crippen LogP contribution is 2.25. The number of likely N-dealkylation sites (tertiary alicyclic amines) is 1. The summed E-state index contributed by atoms with van der Waals surface area (Å²) in [6, 6.07) is 10.7. The summed E-state index contributed by atoms with van der Waals surface area (Å²) in [5.41, 5.74) is 0.290. The van der Waals surface area contributed by atoms with Gasteiger partial charge in [-0.3, -0.25) is 14.3 Å². The van der Waals surface area contributed by atoms with Crippen LogP contribution in [0.4, 0.5) is 10.1 Å². The number of sulfonamides is 1. The Bertz CT molecular complexity index is 1020. The molecule has 9 heteroatoms. The third kappa shape index (κ3) is 4.96. The predicted octanol–water partition coefficient (Wildman–Crippen LogP) is 3.04. The largest absolute Gasteiger partial charge is 0.466 e. The lowest BCUT2D eigenvalue weighted by molar-refractivity contribution is -0.149.